The van der Waals surface area contributed by atoms with Crippen molar-refractivity contribution in [3.8, 4) is 0 Å². The van der Waals surface area contributed by atoms with Gasteiger partial charge in [-0.1, -0.05) is 6.07 Å². The highest BCUT2D eigenvalue weighted by atomic mass is 19.1. The van der Waals surface area contributed by atoms with Crippen LogP contribution in [0.25, 0.3) is 0 Å². The van der Waals surface area contributed by atoms with Crippen LogP contribution in [-0.2, 0) is 9.59 Å². The Morgan fingerprint density at radius 1 is 1.21 bits per heavy atom. The van der Waals surface area contributed by atoms with E-state index in [0.717, 1.165) is 36.9 Å². The second kappa shape index (κ2) is 5.76. The van der Waals surface area contributed by atoms with Crippen LogP contribution in [0.3, 0.4) is 0 Å². The zero-order valence-corrected chi connectivity index (χ0v) is 13.4. The number of aliphatic carboxylic acids is 1. The van der Waals surface area contributed by atoms with E-state index in [1.165, 1.54) is 12.1 Å². The van der Waals surface area contributed by atoms with Crippen LogP contribution in [0.5, 0.6) is 0 Å². The Morgan fingerprint density at radius 3 is 2.62 bits per heavy atom. The fourth-order valence-corrected chi connectivity index (χ4v) is 4.06. The molecule has 0 radical (unpaired) electrons. The minimum Gasteiger partial charge on any atom is -0.481 e. The summed E-state index contributed by atoms with van der Waals surface area (Å²) in [6.07, 6.45) is 3.89. The summed E-state index contributed by atoms with van der Waals surface area (Å²) in [5.41, 5.74) is 1.74. The lowest BCUT2D eigenvalue weighted by molar-refractivity contribution is -0.143. The standard InChI is InChI=1S/C18H21FN2O3/c19-10-1-4-13-15(9-10)20-14-6-5-12(14)18(13)21(11-2-3-11)16(22)7-8-17(23)24/h1,4,9,11-12,14,18,20H,2-3,5-8H2,(H,23,24)/t12-,14+,18+/m0/s1. The number of hydrogen-bond donors (Lipinski definition) is 2. The highest BCUT2D eigenvalue weighted by molar-refractivity contribution is 5.82. The van der Waals surface area contributed by atoms with Crippen molar-refractivity contribution in [3.63, 3.8) is 0 Å². The van der Waals surface area contributed by atoms with E-state index in [1.807, 2.05) is 4.90 Å². The van der Waals surface area contributed by atoms with Crippen LogP contribution in [0.15, 0.2) is 18.2 Å². The number of carbonyl (C=O) groups is 2. The van der Waals surface area contributed by atoms with Crippen LogP contribution in [0, 0.1) is 11.7 Å². The largest absolute Gasteiger partial charge is 0.481 e. The molecule has 3 atom stereocenters. The van der Waals surface area contributed by atoms with Crippen LogP contribution in [0.1, 0.15) is 50.1 Å². The molecule has 0 unspecified atom stereocenters. The minimum atomic E-state index is -0.951. The first-order valence-corrected chi connectivity index (χ1v) is 8.63. The molecule has 24 heavy (non-hydrogen) atoms. The second-order valence-electron chi connectivity index (χ2n) is 7.09. The van der Waals surface area contributed by atoms with Gasteiger partial charge in [0.25, 0.3) is 0 Å². The predicted octanol–water partition coefficient (Wildman–Crippen LogP) is 2.93. The molecule has 4 rings (SSSR count). The Morgan fingerprint density at radius 2 is 2.00 bits per heavy atom. The number of carboxylic acids is 1. The summed E-state index contributed by atoms with van der Waals surface area (Å²) < 4.78 is 13.6. The average molecular weight is 332 g/mol. The Bertz CT molecular complexity index is 689. The van der Waals surface area contributed by atoms with Gasteiger partial charge in [-0.15, -0.1) is 0 Å². The van der Waals surface area contributed by atoms with Crippen molar-refractivity contribution in [2.75, 3.05) is 5.32 Å². The van der Waals surface area contributed by atoms with Crippen molar-refractivity contribution in [1.82, 2.24) is 4.90 Å². The number of nitrogens with zero attached hydrogens (tertiary/aromatic N) is 1. The third kappa shape index (κ3) is 2.64. The number of amides is 1. The summed E-state index contributed by atoms with van der Waals surface area (Å²) in [5.74, 6) is -0.994. The maximum Gasteiger partial charge on any atom is 0.303 e. The Hall–Kier alpha value is -2.11. The molecule has 2 fully saturated rings. The van der Waals surface area contributed by atoms with Gasteiger partial charge in [0.15, 0.2) is 0 Å². The van der Waals surface area contributed by atoms with Crippen molar-refractivity contribution in [2.24, 2.45) is 5.92 Å². The number of carboxylic acid groups (broad SMARTS) is 1. The number of hydrogen-bond acceptors (Lipinski definition) is 3. The summed E-state index contributed by atoms with van der Waals surface area (Å²) in [6.45, 7) is 0. The molecule has 2 saturated carbocycles. The number of anilines is 1. The smallest absolute Gasteiger partial charge is 0.303 e. The van der Waals surface area contributed by atoms with E-state index in [-0.39, 0.29) is 42.7 Å². The van der Waals surface area contributed by atoms with Crippen molar-refractivity contribution >= 4 is 17.6 Å². The fourth-order valence-electron chi connectivity index (χ4n) is 4.06. The molecule has 2 aliphatic carbocycles. The van der Waals surface area contributed by atoms with Crippen LogP contribution in [0.4, 0.5) is 10.1 Å². The van der Waals surface area contributed by atoms with Crippen LogP contribution in [0.2, 0.25) is 0 Å². The molecular formula is C18H21FN2O3. The molecule has 2 N–H and O–H groups in total. The molecule has 0 aromatic heterocycles. The van der Waals surface area contributed by atoms with E-state index >= 15 is 0 Å². The van der Waals surface area contributed by atoms with Crippen molar-refractivity contribution in [1.29, 1.82) is 0 Å². The maximum atomic E-state index is 13.6. The average Bonchev–Trinajstić information content (AvgIpc) is 3.33. The Balaban J connectivity index is 1.67. The normalized spacial score (nSPS) is 27.3. The minimum absolute atomic E-state index is 0.0314. The van der Waals surface area contributed by atoms with Crippen LogP contribution in [-0.4, -0.2) is 34.0 Å². The van der Waals surface area contributed by atoms with Gasteiger partial charge in [-0.2, -0.15) is 0 Å². The first-order valence-electron chi connectivity index (χ1n) is 8.63. The molecule has 1 aromatic carbocycles. The third-order valence-electron chi connectivity index (χ3n) is 5.49. The molecule has 1 heterocycles. The highest BCUT2D eigenvalue weighted by Crippen LogP contribution is 2.51. The van der Waals surface area contributed by atoms with Gasteiger partial charge in [0, 0.05) is 30.1 Å². The first-order chi connectivity index (χ1) is 11.5. The predicted molar refractivity (Wildman–Crippen MR) is 86.0 cm³/mol. The zero-order valence-electron chi connectivity index (χ0n) is 13.4. The number of nitrogens with one attached hydrogen (secondary N) is 1. The molecule has 6 heteroatoms. The Labute approximate surface area is 139 Å². The van der Waals surface area contributed by atoms with Crippen LogP contribution < -0.4 is 5.32 Å². The van der Waals surface area contributed by atoms with Crippen molar-refractivity contribution in [2.45, 2.75) is 56.7 Å². The lowest BCUT2D eigenvalue weighted by atomic mass is 9.69. The van der Waals surface area contributed by atoms with Gasteiger partial charge in [-0.25, -0.2) is 4.39 Å². The van der Waals surface area contributed by atoms with Gasteiger partial charge >= 0.3 is 5.97 Å². The molecule has 1 amide bonds. The van der Waals surface area contributed by atoms with Crippen molar-refractivity contribution in [3.05, 3.63) is 29.6 Å². The van der Waals surface area contributed by atoms with E-state index in [2.05, 4.69) is 5.32 Å². The molecule has 128 valence electrons. The van der Waals surface area contributed by atoms with Gasteiger partial charge in [0.2, 0.25) is 5.91 Å². The zero-order chi connectivity index (χ0) is 16.8. The Kier molecular flexibility index (Phi) is 3.70. The molecule has 0 saturated heterocycles. The van der Waals surface area contributed by atoms with E-state index in [1.54, 1.807) is 6.07 Å². The van der Waals surface area contributed by atoms with E-state index < -0.39 is 5.97 Å². The van der Waals surface area contributed by atoms with E-state index in [4.69, 9.17) is 5.11 Å². The second-order valence-corrected chi connectivity index (χ2v) is 7.09. The molecule has 1 aliphatic heterocycles. The third-order valence-corrected chi connectivity index (χ3v) is 5.49. The monoisotopic (exact) mass is 332 g/mol. The molecule has 1 aromatic rings. The molecule has 0 spiro atoms. The topological polar surface area (TPSA) is 69.6 Å². The lowest BCUT2D eigenvalue weighted by Gasteiger charge is -2.51. The van der Waals surface area contributed by atoms with Gasteiger partial charge in [-0.05, 0) is 43.4 Å². The summed E-state index contributed by atoms with van der Waals surface area (Å²) >= 11 is 0. The lowest BCUT2D eigenvalue weighted by Crippen LogP contribution is -2.52. The van der Waals surface area contributed by atoms with Gasteiger partial charge < -0.3 is 15.3 Å². The fraction of sp³-hybridized carbons (Fsp3) is 0.556. The SMILES string of the molecule is O=C(O)CCC(=O)N(C1CC1)[C@H]1c2ccc(F)cc2N[C@@H]2CC[C@@H]21. The molecular weight excluding hydrogens is 311 g/mol. The quantitative estimate of drug-likeness (QED) is 0.870. The summed E-state index contributed by atoms with van der Waals surface area (Å²) in [7, 11) is 0. The number of rotatable bonds is 5. The molecule has 5 nitrogen and oxygen atoms in total. The number of benzene rings is 1. The van der Waals surface area contributed by atoms with Gasteiger partial charge in [0.1, 0.15) is 5.82 Å². The number of fused-ring (bicyclic) bond motifs is 2. The summed E-state index contributed by atoms with van der Waals surface area (Å²) in [4.78, 5) is 25.5. The van der Waals surface area contributed by atoms with Crippen LogP contribution >= 0.6 is 0 Å². The first kappa shape index (κ1) is 15.4. The number of carbonyl (C=O) groups excluding carboxylic acids is 1. The van der Waals surface area contributed by atoms with E-state index in [0.29, 0.717) is 5.92 Å². The molecule has 3 aliphatic rings. The maximum absolute atomic E-state index is 13.6. The molecule has 0 bridgehead atoms. The van der Waals surface area contributed by atoms with E-state index in [9.17, 15) is 14.0 Å². The van der Waals surface area contributed by atoms with Crippen molar-refractivity contribution < 1.29 is 19.1 Å². The highest BCUT2D eigenvalue weighted by Gasteiger charge is 2.49. The van der Waals surface area contributed by atoms with Gasteiger partial charge in [-0.3, -0.25) is 9.59 Å². The summed E-state index contributed by atoms with van der Waals surface area (Å²) in [5, 5.41) is 12.3. The number of halogens is 1. The summed E-state index contributed by atoms with van der Waals surface area (Å²) in [6, 6.07) is 5.14. The van der Waals surface area contributed by atoms with Gasteiger partial charge in [0.05, 0.1) is 12.5 Å².